The van der Waals surface area contributed by atoms with Gasteiger partial charge in [0.15, 0.2) is 0 Å². The molecule has 1 amide bonds. The molecule has 0 spiro atoms. The lowest BCUT2D eigenvalue weighted by atomic mass is 10.1. The SMILES string of the molecule is CCOC(=O)c1c(NC(=O)CCCCCl)sc(C)c1C. The fourth-order valence-corrected chi connectivity index (χ4v) is 2.99. The van der Waals surface area contributed by atoms with Crippen LogP contribution in [-0.2, 0) is 9.53 Å². The first-order valence-electron chi connectivity index (χ1n) is 6.64. The van der Waals surface area contributed by atoms with Crippen molar-refractivity contribution in [2.45, 2.75) is 40.0 Å². The summed E-state index contributed by atoms with van der Waals surface area (Å²) in [5.74, 6) is 0.0748. The highest BCUT2D eigenvalue weighted by molar-refractivity contribution is 7.16. The van der Waals surface area contributed by atoms with Crippen LogP contribution in [0.25, 0.3) is 0 Å². The number of amides is 1. The Hall–Kier alpha value is -1.07. The third-order valence-electron chi connectivity index (χ3n) is 2.91. The van der Waals surface area contributed by atoms with Gasteiger partial charge in [-0.15, -0.1) is 22.9 Å². The summed E-state index contributed by atoms with van der Waals surface area (Å²) in [5, 5.41) is 3.38. The number of carbonyl (C=O) groups is 2. The summed E-state index contributed by atoms with van der Waals surface area (Å²) in [5.41, 5.74) is 1.34. The molecule has 4 nitrogen and oxygen atoms in total. The first kappa shape index (κ1) is 17.0. The van der Waals surface area contributed by atoms with Gasteiger partial charge in [0.05, 0.1) is 12.2 Å². The number of halogens is 1. The number of esters is 1. The van der Waals surface area contributed by atoms with Gasteiger partial charge in [-0.25, -0.2) is 4.79 Å². The predicted octanol–water partition coefficient (Wildman–Crippen LogP) is 3.89. The van der Waals surface area contributed by atoms with E-state index in [1.807, 2.05) is 13.8 Å². The number of unbranched alkanes of at least 4 members (excludes halogenated alkanes) is 1. The number of thiophene rings is 1. The van der Waals surface area contributed by atoms with Gasteiger partial charge < -0.3 is 10.1 Å². The second-order valence-corrected chi connectivity index (χ2v) is 6.00. The summed E-state index contributed by atoms with van der Waals surface area (Å²) in [6, 6.07) is 0. The zero-order valence-corrected chi connectivity index (χ0v) is 13.6. The van der Waals surface area contributed by atoms with Crippen molar-refractivity contribution in [2.75, 3.05) is 17.8 Å². The van der Waals surface area contributed by atoms with Crippen LogP contribution in [0.4, 0.5) is 5.00 Å². The molecule has 0 aliphatic heterocycles. The molecular weight excluding hydrogens is 298 g/mol. The summed E-state index contributed by atoms with van der Waals surface area (Å²) in [6.07, 6.45) is 1.96. The Balaban J connectivity index is 2.81. The molecule has 1 aromatic heterocycles. The largest absolute Gasteiger partial charge is 0.462 e. The number of carbonyl (C=O) groups excluding carboxylic acids is 2. The minimum atomic E-state index is -0.384. The van der Waals surface area contributed by atoms with Crippen LogP contribution in [0.3, 0.4) is 0 Å². The molecule has 0 fully saturated rings. The van der Waals surface area contributed by atoms with Crippen LogP contribution in [0.1, 0.15) is 47.0 Å². The van der Waals surface area contributed by atoms with Crippen LogP contribution in [0, 0.1) is 13.8 Å². The Labute approximate surface area is 128 Å². The Morgan fingerprint density at radius 1 is 1.30 bits per heavy atom. The lowest BCUT2D eigenvalue weighted by Crippen LogP contribution is -2.14. The zero-order chi connectivity index (χ0) is 15.1. The fourth-order valence-electron chi connectivity index (χ4n) is 1.73. The van der Waals surface area contributed by atoms with Crippen molar-refractivity contribution in [3.8, 4) is 0 Å². The highest BCUT2D eigenvalue weighted by Crippen LogP contribution is 2.33. The lowest BCUT2D eigenvalue weighted by molar-refractivity contribution is -0.116. The van der Waals surface area contributed by atoms with E-state index in [1.165, 1.54) is 11.3 Å². The molecule has 1 N–H and O–H groups in total. The van der Waals surface area contributed by atoms with Gasteiger partial charge in [-0.2, -0.15) is 0 Å². The van der Waals surface area contributed by atoms with Gasteiger partial charge in [0.25, 0.3) is 0 Å². The van der Waals surface area contributed by atoms with E-state index in [0.29, 0.717) is 29.5 Å². The molecule has 1 rings (SSSR count). The van der Waals surface area contributed by atoms with Gasteiger partial charge in [0.2, 0.25) is 5.91 Å². The van der Waals surface area contributed by atoms with Crippen LogP contribution in [0.2, 0.25) is 0 Å². The predicted molar refractivity (Wildman–Crippen MR) is 83.0 cm³/mol. The standard InChI is InChI=1S/C14H20ClNO3S/c1-4-19-14(18)12-9(2)10(3)20-13(12)16-11(17)7-5-6-8-15/h4-8H2,1-3H3,(H,16,17). The van der Waals surface area contributed by atoms with Crippen molar-refractivity contribution < 1.29 is 14.3 Å². The summed E-state index contributed by atoms with van der Waals surface area (Å²) in [6.45, 7) is 5.86. The van der Waals surface area contributed by atoms with E-state index in [9.17, 15) is 9.59 Å². The van der Waals surface area contributed by atoms with Crippen molar-refractivity contribution in [3.05, 3.63) is 16.0 Å². The van der Waals surface area contributed by atoms with E-state index >= 15 is 0 Å². The average Bonchev–Trinajstić information content (AvgIpc) is 2.65. The smallest absolute Gasteiger partial charge is 0.341 e. The second-order valence-electron chi connectivity index (χ2n) is 4.40. The number of aryl methyl sites for hydroxylation is 1. The minimum Gasteiger partial charge on any atom is -0.462 e. The maximum Gasteiger partial charge on any atom is 0.341 e. The van der Waals surface area contributed by atoms with Crippen molar-refractivity contribution in [1.82, 2.24) is 0 Å². The number of hydrogen-bond donors (Lipinski definition) is 1. The summed E-state index contributed by atoms with van der Waals surface area (Å²) >= 11 is 6.98. The van der Waals surface area contributed by atoms with Crippen LogP contribution < -0.4 is 5.32 Å². The number of anilines is 1. The summed E-state index contributed by atoms with van der Waals surface area (Å²) in [7, 11) is 0. The molecule has 0 aromatic carbocycles. The first-order valence-corrected chi connectivity index (χ1v) is 7.99. The van der Waals surface area contributed by atoms with E-state index in [0.717, 1.165) is 23.3 Å². The van der Waals surface area contributed by atoms with Crippen LogP contribution in [0.15, 0.2) is 0 Å². The molecule has 0 aliphatic carbocycles. The maximum atomic E-state index is 12.0. The Kier molecular flexibility index (Phi) is 7.02. The van der Waals surface area contributed by atoms with E-state index in [-0.39, 0.29) is 11.9 Å². The molecule has 1 aromatic rings. The second kappa shape index (κ2) is 8.27. The topological polar surface area (TPSA) is 55.4 Å². The minimum absolute atomic E-state index is 0.0954. The Morgan fingerprint density at radius 2 is 2.00 bits per heavy atom. The molecule has 20 heavy (non-hydrogen) atoms. The van der Waals surface area contributed by atoms with E-state index in [4.69, 9.17) is 16.3 Å². The number of hydrogen-bond acceptors (Lipinski definition) is 4. The molecular formula is C14H20ClNO3S. The molecule has 0 saturated carbocycles. The summed E-state index contributed by atoms with van der Waals surface area (Å²) < 4.78 is 5.04. The van der Waals surface area contributed by atoms with Crippen molar-refractivity contribution in [3.63, 3.8) is 0 Å². The molecule has 112 valence electrons. The monoisotopic (exact) mass is 317 g/mol. The molecule has 0 unspecified atom stereocenters. The van der Waals surface area contributed by atoms with Gasteiger partial charge in [-0.1, -0.05) is 0 Å². The Bertz CT molecular complexity index is 485. The third kappa shape index (κ3) is 4.49. The highest BCUT2D eigenvalue weighted by atomic mass is 35.5. The summed E-state index contributed by atoms with van der Waals surface area (Å²) in [4.78, 5) is 24.8. The van der Waals surface area contributed by atoms with Crippen molar-refractivity contribution in [1.29, 1.82) is 0 Å². The van der Waals surface area contributed by atoms with Crippen LogP contribution >= 0.6 is 22.9 Å². The number of rotatable bonds is 7. The molecule has 0 saturated heterocycles. The molecule has 6 heteroatoms. The molecule has 1 heterocycles. The number of ether oxygens (including phenoxy) is 1. The van der Waals surface area contributed by atoms with E-state index < -0.39 is 0 Å². The van der Waals surface area contributed by atoms with Gasteiger partial charge in [-0.3, -0.25) is 4.79 Å². The van der Waals surface area contributed by atoms with E-state index in [2.05, 4.69) is 5.32 Å². The van der Waals surface area contributed by atoms with Gasteiger partial charge in [0.1, 0.15) is 5.00 Å². The van der Waals surface area contributed by atoms with Crippen molar-refractivity contribution >= 4 is 39.8 Å². The fraction of sp³-hybridized carbons (Fsp3) is 0.571. The van der Waals surface area contributed by atoms with E-state index in [1.54, 1.807) is 6.92 Å². The van der Waals surface area contributed by atoms with Gasteiger partial charge in [-0.05, 0) is 39.2 Å². The zero-order valence-electron chi connectivity index (χ0n) is 12.0. The molecule has 0 radical (unpaired) electrons. The molecule has 0 atom stereocenters. The van der Waals surface area contributed by atoms with Crippen LogP contribution in [-0.4, -0.2) is 24.4 Å². The Morgan fingerprint density at radius 3 is 2.60 bits per heavy atom. The lowest BCUT2D eigenvalue weighted by Gasteiger charge is -2.07. The number of nitrogens with one attached hydrogen (secondary N) is 1. The van der Waals surface area contributed by atoms with Crippen molar-refractivity contribution in [2.24, 2.45) is 0 Å². The average molecular weight is 318 g/mol. The quantitative estimate of drug-likeness (QED) is 0.471. The number of alkyl halides is 1. The molecule has 0 bridgehead atoms. The normalized spacial score (nSPS) is 10.4. The molecule has 0 aliphatic rings. The van der Waals surface area contributed by atoms with Crippen LogP contribution in [0.5, 0.6) is 0 Å². The van der Waals surface area contributed by atoms with Gasteiger partial charge >= 0.3 is 5.97 Å². The maximum absolute atomic E-state index is 12.0. The van der Waals surface area contributed by atoms with Gasteiger partial charge in [0, 0.05) is 17.2 Å². The first-order chi connectivity index (χ1) is 9.51. The highest BCUT2D eigenvalue weighted by Gasteiger charge is 2.21. The third-order valence-corrected chi connectivity index (χ3v) is 4.30.